The minimum absolute atomic E-state index is 0.0287. The molecule has 0 spiro atoms. The minimum Gasteiger partial charge on any atom is -0.481 e. The average Bonchev–Trinajstić information content (AvgIpc) is 3.03. The van der Waals surface area contributed by atoms with Crippen molar-refractivity contribution in [1.82, 2.24) is 4.90 Å². The van der Waals surface area contributed by atoms with E-state index >= 15 is 0 Å². The molecule has 0 aliphatic carbocycles. The van der Waals surface area contributed by atoms with E-state index in [4.69, 9.17) is 27.9 Å². The summed E-state index contributed by atoms with van der Waals surface area (Å²) in [5.74, 6) is 0.347. The largest absolute Gasteiger partial charge is 0.481 e. The smallest absolute Gasteiger partial charge is 0.263 e. The number of amides is 1. The first-order valence-corrected chi connectivity index (χ1v) is 11.9. The number of benzene rings is 2. The number of ether oxygens (including phenoxy) is 1. The van der Waals surface area contributed by atoms with Gasteiger partial charge in [-0.25, -0.2) is 8.42 Å². The fourth-order valence-electron chi connectivity index (χ4n) is 3.37. The number of carbonyl (C=O) groups excluding carboxylic acids is 1. The van der Waals surface area contributed by atoms with Gasteiger partial charge in [-0.15, -0.1) is 0 Å². The molecule has 2 aromatic carbocycles. The van der Waals surface area contributed by atoms with Crippen LogP contribution >= 0.6 is 23.2 Å². The number of rotatable bonds is 6. The van der Waals surface area contributed by atoms with Gasteiger partial charge in [0.25, 0.3) is 5.91 Å². The Morgan fingerprint density at radius 3 is 2.48 bits per heavy atom. The maximum Gasteiger partial charge on any atom is 0.263 e. The summed E-state index contributed by atoms with van der Waals surface area (Å²) in [4.78, 5) is 14.8. The highest BCUT2D eigenvalue weighted by Gasteiger charge is 2.36. The van der Waals surface area contributed by atoms with E-state index in [0.29, 0.717) is 28.8 Å². The van der Waals surface area contributed by atoms with Crippen LogP contribution in [0.15, 0.2) is 42.5 Å². The van der Waals surface area contributed by atoms with Gasteiger partial charge in [-0.05, 0) is 61.7 Å². The molecular formula is C21H23Cl2NO4S. The van der Waals surface area contributed by atoms with Crippen molar-refractivity contribution in [1.29, 1.82) is 0 Å². The molecule has 0 N–H and O–H groups in total. The molecule has 1 amide bonds. The normalized spacial score (nSPS) is 19.0. The molecule has 1 aliphatic rings. The molecule has 0 aromatic heterocycles. The van der Waals surface area contributed by atoms with Crippen molar-refractivity contribution in [2.75, 3.05) is 11.5 Å². The van der Waals surface area contributed by atoms with E-state index in [1.54, 1.807) is 42.2 Å². The van der Waals surface area contributed by atoms with Crippen LogP contribution in [0.4, 0.5) is 0 Å². The Bertz CT molecular complexity index is 992. The van der Waals surface area contributed by atoms with Crippen LogP contribution in [0.25, 0.3) is 0 Å². The fraction of sp³-hybridized carbons (Fsp3) is 0.381. The van der Waals surface area contributed by atoms with Crippen LogP contribution in [-0.4, -0.2) is 42.9 Å². The Labute approximate surface area is 181 Å². The molecular weight excluding hydrogens is 433 g/mol. The van der Waals surface area contributed by atoms with Crippen molar-refractivity contribution in [2.24, 2.45) is 0 Å². The Balaban J connectivity index is 1.80. The van der Waals surface area contributed by atoms with Crippen molar-refractivity contribution in [3.05, 3.63) is 63.6 Å². The molecule has 1 heterocycles. The van der Waals surface area contributed by atoms with Crippen LogP contribution in [0.1, 0.15) is 24.5 Å². The number of hydrogen-bond acceptors (Lipinski definition) is 4. The summed E-state index contributed by atoms with van der Waals surface area (Å²) in [6, 6.07) is 12.0. The van der Waals surface area contributed by atoms with Crippen molar-refractivity contribution in [3.8, 4) is 5.75 Å². The first kappa shape index (κ1) is 21.9. The molecule has 8 heteroatoms. The number of halogens is 2. The third-order valence-electron chi connectivity index (χ3n) is 4.99. The molecule has 1 aliphatic heterocycles. The van der Waals surface area contributed by atoms with Gasteiger partial charge in [0.15, 0.2) is 15.9 Å². The molecule has 2 aromatic rings. The number of hydrogen-bond donors (Lipinski definition) is 0. The van der Waals surface area contributed by atoms with E-state index in [9.17, 15) is 13.2 Å². The standard InChI is InChI=1S/C21H23Cl2NO4S/c1-14-11-19(7-8-20(14)23)28-15(2)21(25)24(18-9-10-29(26,27)13-18)12-16-3-5-17(22)6-4-16/h3-8,11,15,18H,9-10,12-13H2,1-2H3. The third kappa shape index (κ3) is 5.65. The fourth-order valence-corrected chi connectivity index (χ4v) is 5.35. The zero-order valence-corrected chi connectivity index (χ0v) is 18.6. The van der Waals surface area contributed by atoms with Crippen molar-refractivity contribution < 1.29 is 17.9 Å². The Kier molecular flexibility index (Phi) is 6.76. The Hall–Kier alpha value is -1.76. The molecule has 3 rings (SSSR count). The third-order valence-corrected chi connectivity index (χ3v) is 7.41. The summed E-state index contributed by atoms with van der Waals surface area (Å²) < 4.78 is 29.8. The minimum atomic E-state index is -3.14. The highest BCUT2D eigenvalue weighted by molar-refractivity contribution is 7.91. The average molecular weight is 456 g/mol. The topological polar surface area (TPSA) is 63.7 Å². The van der Waals surface area contributed by atoms with Crippen molar-refractivity contribution in [3.63, 3.8) is 0 Å². The summed E-state index contributed by atoms with van der Waals surface area (Å²) in [5.41, 5.74) is 1.73. The van der Waals surface area contributed by atoms with Gasteiger partial charge in [0, 0.05) is 22.6 Å². The van der Waals surface area contributed by atoms with Gasteiger partial charge in [0.05, 0.1) is 11.5 Å². The monoisotopic (exact) mass is 455 g/mol. The lowest BCUT2D eigenvalue weighted by molar-refractivity contribution is -0.140. The van der Waals surface area contributed by atoms with Crippen LogP contribution in [0.3, 0.4) is 0 Å². The Morgan fingerprint density at radius 1 is 1.21 bits per heavy atom. The van der Waals surface area contributed by atoms with Crippen LogP contribution in [0.2, 0.25) is 10.0 Å². The van der Waals surface area contributed by atoms with Gasteiger partial charge in [0.1, 0.15) is 5.75 Å². The number of aryl methyl sites for hydroxylation is 1. The van der Waals surface area contributed by atoms with Gasteiger partial charge in [-0.1, -0.05) is 35.3 Å². The lowest BCUT2D eigenvalue weighted by atomic mass is 10.1. The summed E-state index contributed by atoms with van der Waals surface area (Å²) in [7, 11) is -3.14. The van der Waals surface area contributed by atoms with Gasteiger partial charge < -0.3 is 9.64 Å². The highest BCUT2D eigenvalue weighted by atomic mass is 35.5. The quantitative estimate of drug-likeness (QED) is 0.651. The summed E-state index contributed by atoms with van der Waals surface area (Å²) in [6.07, 6.45) is -0.347. The van der Waals surface area contributed by atoms with E-state index in [0.717, 1.165) is 11.1 Å². The van der Waals surface area contributed by atoms with Crippen LogP contribution in [0.5, 0.6) is 5.75 Å². The van der Waals surface area contributed by atoms with Crippen LogP contribution in [0, 0.1) is 6.92 Å². The van der Waals surface area contributed by atoms with Gasteiger partial charge in [0.2, 0.25) is 0 Å². The second kappa shape index (κ2) is 8.94. The molecule has 29 heavy (non-hydrogen) atoms. The maximum absolute atomic E-state index is 13.2. The molecule has 0 bridgehead atoms. The molecule has 156 valence electrons. The van der Waals surface area contributed by atoms with Gasteiger partial charge >= 0.3 is 0 Å². The Morgan fingerprint density at radius 2 is 1.90 bits per heavy atom. The molecule has 1 saturated heterocycles. The zero-order chi connectivity index (χ0) is 21.2. The second-order valence-electron chi connectivity index (χ2n) is 7.32. The molecule has 2 atom stereocenters. The zero-order valence-electron chi connectivity index (χ0n) is 16.3. The van der Waals surface area contributed by atoms with Gasteiger partial charge in [-0.2, -0.15) is 0 Å². The molecule has 2 unspecified atom stereocenters. The number of nitrogens with zero attached hydrogens (tertiary/aromatic N) is 1. The molecule has 0 saturated carbocycles. The highest BCUT2D eigenvalue weighted by Crippen LogP contribution is 2.25. The molecule has 1 fully saturated rings. The first-order chi connectivity index (χ1) is 13.6. The first-order valence-electron chi connectivity index (χ1n) is 9.33. The number of sulfone groups is 1. The van der Waals surface area contributed by atoms with Crippen molar-refractivity contribution in [2.45, 2.75) is 39.0 Å². The number of carbonyl (C=O) groups is 1. The molecule has 0 radical (unpaired) electrons. The second-order valence-corrected chi connectivity index (χ2v) is 10.4. The maximum atomic E-state index is 13.2. The predicted octanol–water partition coefficient (Wildman–Crippen LogP) is 4.29. The lowest BCUT2D eigenvalue weighted by Crippen LogP contribution is -2.46. The van der Waals surface area contributed by atoms with Crippen LogP contribution < -0.4 is 4.74 Å². The summed E-state index contributed by atoms with van der Waals surface area (Å²) >= 11 is 12.0. The molecule has 5 nitrogen and oxygen atoms in total. The van der Waals surface area contributed by atoms with E-state index in [1.807, 2.05) is 19.1 Å². The van der Waals surface area contributed by atoms with E-state index in [-0.39, 0.29) is 23.5 Å². The van der Waals surface area contributed by atoms with Crippen LogP contribution in [-0.2, 0) is 21.2 Å². The van der Waals surface area contributed by atoms with E-state index in [1.165, 1.54) is 0 Å². The lowest BCUT2D eigenvalue weighted by Gasteiger charge is -2.31. The van der Waals surface area contributed by atoms with Crippen molar-refractivity contribution >= 4 is 38.9 Å². The predicted molar refractivity (Wildman–Crippen MR) is 115 cm³/mol. The van der Waals surface area contributed by atoms with E-state index in [2.05, 4.69) is 0 Å². The van der Waals surface area contributed by atoms with E-state index < -0.39 is 15.9 Å². The summed E-state index contributed by atoms with van der Waals surface area (Å²) in [6.45, 7) is 3.83. The SMILES string of the molecule is Cc1cc(OC(C)C(=O)N(Cc2ccc(Cl)cc2)C2CCS(=O)(=O)C2)ccc1Cl. The van der Waals surface area contributed by atoms with Gasteiger partial charge in [-0.3, -0.25) is 4.79 Å². The summed E-state index contributed by atoms with van der Waals surface area (Å²) in [5, 5.41) is 1.22.